The summed E-state index contributed by atoms with van der Waals surface area (Å²) in [5, 5.41) is 0. The van der Waals surface area contributed by atoms with Gasteiger partial charge in [-0.25, -0.2) is 8.42 Å². The van der Waals surface area contributed by atoms with Gasteiger partial charge in [0.05, 0.1) is 17.8 Å². The highest BCUT2D eigenvalue weighted by Gasteiger charge is 2.35. The molecule has 0 aliphatic carbocycles. The fourth-order valence-corrected chi connectivity index (χ4v) is 4.97. The van der Waals surface area contributed by atoms with E-state index in [0.29, 0.717) is 13.0 Å². The van der Waals surface area contributed by atoms with Crippen molar-refractivity contribution in [3.8, 4) is 0 Å². The third-order valence-corrected chi connectivity index (χ3v) is 6.57. The highest BCUT2D eigenvalue weighted by atomic mass is 32.2. The zero-order valence-electron chi connectivity index (χ0n) is 15.4. The predicted octanol–water partition coefficient (Wildman–Crippen LogP) is 3.41. The smallest absolute Gasteiger partial charge is 0.290 e. The van der Waals surface area contributed by atoms with Crippen molar-refractivity contribution >= 4 is 15.7 Å². The molecule has 0 radical (unpaired) electrons. The molecule has 0 spiro atoms. The Hall–Kier alpha value is -2.08. The first kappa shape index (κ1) is 18.7. The molecule has 1 saturated heterocycles. The van der Waals surface area contributed by atoms with Gasteiger partial charge in [0.25, 0.3) is 5.91 Å². The summed E-state index contributed by atoms with van der Waals surface area (Å²) in [6.45, 7) is 6.82. The molecule has 1 aliphatic heterocycles. The van der Waals surface area contributed by atoms with Gasteiger partial charge in [-0.05, 0) is 35.1 Å². The first-order valence-electron chi connectivity index (χ1n) is 8.80. The van der Waals surface area contributed by atoms with Crippen molar-refractivity contribution in [3.63, 3.8) is 0 Å². The second-order valence-corrected chi connectivity index (χ2v) is 10.1. The van der Waals surface area contributed by atoms with Crippen molar-refractivity contribution in [2.75, 3.05) is 11.5 Å². The van der Waals surface area contributed by atoms with Crippen LogP contribution < -0.4 is 0 Å². The maximum Gasteiger partial charge on any atom is 0.290 e. The van der Waals surface area contributed by atoms with E-state index in [2.05, 4.69) is 32.9 Å². The van der Waals surface area contributed by atoms with E-state index in [4.69, 9.17) is 4.42 Å². The molecule has 1 aliphatic rings. The van der Waals surface area contributed by atoms with Gasteiger partial charge in [0, 0.05) is 12.6 Å². The molecular formula is C20H25NO4S. The molecule has 3 rings (SSSR count). The van der Waals surface area contributed by atoms with E-state index < -0.39 is 9.84 Å². The van der Waals surface area contributed by atoms with Crippen LogP contribution in [-0.4, -0.2) is 36.8 Å². The molecule has 1 fully saturated rings. The summed E-state index contributed by atoms with van der Waals surface area (Å²) in [5.74, 6) is 0.111. The third kappa shape index (κ3) is 4.18. The number of rotatable bonds is 4. The standard InChI is InChI=1S/C20H25NO4S/c1-20(2,3)16-8-6-15(7-9-16)13-21(17-10-12-26(23,24)14-17)19(22)18-5-4-11-25-18/h4-9,11,17H,10,12-14H2,1-3H3. The number of carbonyl (C=O) groups is 1. The lowest BCUT2D eigenvalue weighted by Gasteiger charge is -2.28. The predicted molar refractivity (Wildman–Crippen MR) is 101 cm³/mol. The van der Waals surface area contributed by atoms with Crippen LogP contribution in [0.15, 0.2) is 47.1 Å². The van der Waals surface area contributed by atoms with Crippen LogP contribution in [0.5, 0.6) is 0 Å². The second kappa shape index (κ2) is 6.91. The van der Waals surface area contributed by atoms with E-state index in [0.717, 1.165) is 5.56 Å². The monoisotopic (exact) mass is 375 g/mol. The van der Waals surface area contributed by atoms with Gasteiger partial charge >= 0.3 is 0 Å². The summed E-state index contributed by atoms with van der Waals surface area (Å²) in [7, 11) is -3.09. The minimum Gasteiger partial charge on any atom is -0.459 e. The number of sulfone groups is 1. The van der Waals surface area contributed by atoms with E-state index in [1.165, 1.54) is 11.8 Å². The number of amides is 1. The highest BCUT2D eigenvalue weighted by molar-refractivity contribution is 7.91. The summed E-state index contributed by atoms with van der Waals surface area (Å²) in [5.41, 5.74) is 2.25. The first-order chi connectivity index (χ1) is 12.2. The van der Waals surface area contributed by atoms with E-state index in [1.54, 1.807) is 17.0 Å². The lowest BCUT2D eigenvalue weighted by molar-refractivity contribution is 0.0648. The van der Waals surface area contributed by atoms with Gasteiger partial charge in [-0.3, -0.25) is 4.79 Å². The average Bonchev–Trinajstić information content (AvgIpc) is 3.21. The Labute approximate surface area is 154 Å². The van der Waals surface area contributed by atoms with E-state index in [-0.39, 0.29) is 34.6 Å². The summed E-state index contributed by atoms with van der Waals surface area (Å²) >= 11 is 0. The van der Waals surface area contributed by atoms with Gasteiger partial charge < -0.3 is 9.32 Å². The Morgan fingerprint density at radius 3 is 2.38 bits per heavy atom. The summed E-state index contributed by atoms with van der Waals surface area (Å²) in [6.07, 6.45) is 1.92. The van der Waals surface area contributed by atoms with E-state index >= 15 is 0 Å². The topological polar surface area (TPSA) is 67.6 Å². The van der Waals surface area contributed by atoms with Crippen molar-refractivity contribution < 1.29 is 17.6 Å². The zero-order valence-corrected chi connectivity index (χ0v) is 16.3. The quantitative estimate of drug-likeness (QED) is 0.821. The highest BCUT2D eigenvalue weighted by Crippen LogP contribution is 2.25. The fourth-order valence-electron chi connectivity index (χ4n) is 3.24. The van der Waals surface area contributed by atoms with Gasteiger partial charge in [0.1, 0.15) is 0 Å². The van der Waals surface area contributed by atoms with E-state index in [9.17, 15) is 13.2 Å². The molecule has 1 aromatic heterocycles. The fraction of sp³-hybridized carbons (Fsp3) is 0.450. The Kier molecular flexibility index (Phi) is 4.97. The van der Waals surface area contributed by atoms with Gasteiger partial charge in [-0.2, -0.15) is 0 Å². The Bertz CT molecular complexity index is 862. The molecule has 2 aromatic rings. The number of benzene rings is 1. The largest absolute Gasteiger partial charge is 0.459 e. The molecule has 2 heterocycles. The number of hydrogen-bond acceptors (Lipinski definition) is 4. The second-order valence-electron chi connectivity index (χ2n) is 7.91. The Morgan fingerprint density at radius 2 is 1.88 bits per heavy atom. The molecule has 26 heavy (non-hydrogen) atoms. The van der Waals surface area contributed by atoms with Gasteiger partial charge in [-0.15, -0.1) is 0 Å². The number of hydrogen-bond donors (Lipinski definition) is 0. The summed E-state index contributed by atoms with van der Waals surface area (Å²) in [6, 6.07) is 11.1. The van der Waals surface area contributed by atoms with Crippen molar-refractivity contribution in [3.05, 3.63) is 59.5 Å². The molecule has 140 valence electrons. The van der Waals surface area contributed by atoms with Crippen molar-refractivity contribution in [2.45, 2.75) is 45.2 Å². The number of furan rings is 1. The molecule has 0 N–H and O–H groups in total. The molecule has 0 bridgehead atoms. The molecule has 0 saturated carbocycles. The minimum atomic E-state index is -3.09. The molecule has 1 atom stereocenters. The average molecular weight is 375 g/mol. The van der Waals surface area contributed by atoms with Crippen molar-refractivity contribution in [1.29, 1.82) is 0 Å². The third-order valence-electron chi connectivity index (χ3n) is 4.81. The van der Waals surface area contributed by atoms with Crippen LogP contribution in [0.25, 0.3) is 0 Å². The number of carbonyl (C=O) groups excluding carboxylic acids is 1. The van der Waals surface area contributed by atoms with Crippen LogP contribution in [0.2, 0.25) is 0 Å². The Balaban J connectivity index is 1.85. The lowest BCUT2D eigenvalue weighted by atomic mass is 9.86. The lowest BCUT2D eigenvalue weighted by Crippen LogP contribution is -2.40. The summed E-state index contributed by atoms with van der Waals surface area (Å²) < 4.78 is 29.0. The van der Waals surface area contributed by atoms with Crippen molar-refractivity contribution in [1.82, 2.24) is 4.90 Å². The summed E-state index contributed by atoms with van der Waals surface area (Å²) in [4.78, 5) is 14.5. The number of nitrogens with zero attached hydrogens (tertiary/aromatic N) is 1. The first-order valence-corrected chi connectivity index (χ1v) is 10.6. The van der Waals surface area contributed by atoms with Crippen LogP contribution >= 0.6 is 0 Å². The van der Waals surface area contributed by atoms with Gasteiger partial charge in [0.2, 0.25) is 0 Å². The van der Waals surface area contributed by atoms with Crippen LogP contribution in [0.1, 0.15) is 48.9 Å². The maximum absolute atomic E-state index is 12.9. The molecule has 1 amide bonds. The van der Waals surface area contributed by atoms with Crippen LogP contribution in [0.4, 0.5) is 0 Å². The van der Waals surface area contributed by atoms with Crippen LogP contribution in [-0.2, 0) is 21.8 Å². The molecule has 1 aromatic carbocycles. The maximum atomic E-state index is 12.9. The normalized spacial score (nSPS) is 19.4. The van der Waals surface area contributed by atoms with Gasteiger partial charge in [-0.1, -0.05) is 45.0 Å². The molecule has 6 heteroatoms. The van der Waals surface area contributed by atoms with Crippen LogP contribution in [0.3, 0.4) is 0 Å². The molecular weight excluding hydrogens is 350 g/mol. The molecule has 1 unspecified atom stereocenters. The SMILES string of the molecule is CC(C)(C)c1ccc(CN(C(=O)c2ccco2)C2CCS(=O)(=O)C2)cc1. The zero-order chi connectivity index (χ0) is 18.9. The Morgan fingerprint density at radius 1 is 1.19 bits per heavy atom. The van der Waals surface area contributed by atoms with Gasteiger partial charge in [0.15, 0.2) is 15.6 Å². The minimum absolute atomic E-state index is 0.0134. The van der Waals surface area contributed by atoms with E-state index in [1.807, 2.05) is 12.1 Å². The molecule has 5 nitrogen and oxygen atoms in total. The van der Waals surface area contributed by atoms with Crippen molar-refractivity contribution in [2.24, 2.45) is 0 Å². The van der Waals surface area contributed by atoms with Crippen LogP contribution in [0, 0.1) is 0 Å².